The molecule has 5 nitrogen and oxygen atoms in total. The fourth-order valence-electron chi connectivity index (χ4n) is 0.805. The number of hydrogen-bond acceptors (Lipinski definition) is 5. The topological polar surface area (TPSA) is 78.4 Å². The molecule has 1 atom stereocenters. The molecular formula is C8H12N2O3. The van der Waals surface area contributed by atoms with Gasteiger partial charge < -0.3 is 15.0 Å². The standard InChI is InChI=1S/C8H12N2O3/c1-3-12-8(11)6-4-7(5(2)9)13-10-6/h4-5H,3,9H2,1-2H3. The van der Waals surface area contributed by atoms with E-state index >= 15 is 0 Å². The van der Waals surface area contributed by atoms with Crippen molar-refractivity contribution in [1.82, 2.24) is 5.16 Å². The van der Waals surface area contributed by atoms with Crippen LogP contribution >= 0.6 is 0 Å². The molecule has 0 saturated carbocycles. The first kappa shape index (κ1) is 9.73. The molecule has 0 radical (unpaired) electrons. The Balaban J connectivity index is 2.73. The summed E-state index contributed by atoms with van der Waals surface area (Å²) in [5.74, 6) is -0.0128. The fraction of sp³-hybridized carbons (Fsp3) is 0.500. The Morgan fingerprint density at radius 1 is 1.85 bits per heavy atom. The summed E-state index contributed by atoms with van der Waals surface area (Å²) in [5.41, 5.74) is 5.68. The van der Waals surface area contributed by atoms with E-state index in [4.69, 9.17) is 15.0 Å². The van der Waals surface area contributed by atoms with Gasteiger partial charge in [-0.3, -0.25) is 0 Å². The quantitative estimate of drug-likeness (QED) is 0.705. The van der Waals surface area contributed by atoms with E-state index < -0.39 is 5.97 Å². The maximum absolute atomic E-state index is 11.1. The van der Waals surface area contributed by atoms with Crippen molar-refractivity contribution in [2.75, 3.05) is 6.61 Å². The third-order valence-corrected chi connectivity index (χ3v) is 1.46. The number of aromatic nitrogens is 1. The van der Waals surface area contributed by atoms with Crippen molar-refractivity contribution in [2.45, 2.75) is 19.9 Å². The molecule has 0 spiro atoms. The van der Waals surface area contributed by atoms with Crippen LogP contribution < -0.4 is 5.73 Å². The lowest BCUT2D eigenvalue weighted by Crippen LogP contribution is -2.05. The highest BCUT2D eigenvalue weighted by Gasteiger charge is 2.14. The number of hydrogen-bond donors (Lipinski definition) is 1. The van der Waals surface area contributed by atoms with Crippen LogP contribution in [0.3, 0.4) is 0 Å². The second-order valence-electron chi connectivity index (χ2n) is 2.62. The van der Waals surface area contributed by atoms with Gasteiger partial charge in [-0.25, -0.2) is 4.79 Å². The molecule has 1 aromatic rings. The molecule has 1 aromatic heterocycles. The lowest BCUT2D eigenvalue weighted by Gasteiger charge is -1.95. The first-order valence-electron chi connectivity index (χ1n) is 4.04. The Bertz CT molecular complexity index is 293. The van der Waals surface area contributed by atoms with Gasteiger partial charge >= 0.3 is 5.97 Å². The van der Waals surface area contributed by atoms with Gasteiger partial charge in [-0.1, -0.05) is 5.16 Å². The molecule has 0 fully saturated rings. The smallest absolute Gasteiger partial charge is 0.360 e. The van der Waals surface area contributed by atoms with E-state index in [1.807, 2.05) is 0 Å². The van der Waals surface area contributed by atoms with Crippen LogP contribution in [0.15, 0.2) is 10.6 Å². The summed E-state index contributed by atoms with van der Waals surface area (Å²) < 4.78 is 9.54. The minimum absolute atomic E-state index is 0.161. The van der Waals surface area contributed by atoms with E-state index in [0.29, 0.717) is 12.4 Å². The minimum atomic E-state index is -0.488. The minimum Gasteiger partial charge on any atom is -0.461 e. The van der Waals surface area contributed by atoms with Crippen molar-refractivity contribution in [3.63, 3.8) is 0 Å². The average Bonchev–Trinajstić information content (AvgIpc) is 2.52. The van der Waals surface area contributed by atoms with Gasteiger partial charge in [0.15, 0.2) is 11.5 Å². The van der Waals surface area contributed by atoms with E-state index in [9.17, 15) is 4.79 Å². The summed E-state index contributed by atoms with van der Waals surface area (Å²) in [6, 6.07) is 1.22. The number of esters is 1. The van der Waals surface area contributed by atoms with Crippen molar-refractivity contribution in [1.29, 1.82) is 0 Å². The van der Waals surface area contributed by atoms with Crippen LogP contribution in [0, 0.1) is 0 Å². The molecule has 0 aliphatic heterocycles. The van der Waals surface area contributed by atoms with Crippen LogP contribution in [-0.2, 0) is 4.74 Å². The van der Waals surface area contributed by atoms with Crippen LogP contribution in [0.4, 0.5) is 0 Å². The van der Waals surface area contributed by atoms with Crippen molar-refractivity contribution >= 4 is 5.97 Å². The highest BCUT2D eigenvalue weighted by molar-refractivity contribution is 5.87. The first-order chi connectivity index (χ1) is 6.15. The zero-order chi connectivity index (χ0) is 9.84. The molecular weight excluding hydrogens is 172 g/mol. The highest BCUT2D eigenvalue weighted by atomic mass is 16.5. The molecule has 0 aliphatic carbocycles. The summed E-state index contributed by atoms with van der Waals surface area (Å²) in [6.45, 7) is 3.79. The first-order valence-corrected chi connectivity index (χ1v) is 4.04. The van der Waals surface area contributed by atoms with Gasteiger partial charge in [0.05, 0.1) is 12.6 Å². The molecule has 5 heteroatoms. The largest absolute Gasteiger partial charge is 0.461 e. The van der Waals surface area contributed by atoms with E-state index in [1.165, 1.54) is 6.07 Å². The number of rotatable bonds is 3. The molecule has 0 amide bonds. The Hall–Kier alpha value is -1.36. The molecule has 0 aromatic carbocycles. The zero-order valence-electron chi connectivity index (χ0n) is 7.61. The lowest BCUT2D eigenvalue weighted by molar-refractivity contribution is 0.0514. The third-order valence-electron chi connectivity index (χ3n) is 1.46. The Morgan fingerprint density at radius 3 is 3.00 bits per heavy atom. The number of nitrogens with two attached hydrogens (primary N) is 1. The summed E-state index contributed by atoms with van der Waals surface area (Å²) in [7, 11) is 0. The molecule has 13 heavy (non-hydrogen) atoms. The Kier molecular flexibility index (Phi) is 3.02. The summed E-state index contributed by atoms with van der Waals surface area (Å²) in [6.07, 6.45) is 0. The molecule has 0 bridgehead atoms. The normalized spacial score (nSPS) is 12.5. The van der Waals surface area contributed by atoms with Crippen molar-refractivity contribution in [3.8, 4) is 0 Å². The second-order valence-corrected chi connectivity index (χ2v) is 2.62. The molecule has 1 rings (SSSR count). The van der Waals surface area contributed by atoms with E-state index in [0.717, 1.165) is 0 Å². The molecule has 2 N–H and O–H groups in total. The predicted octanol–water partition coefficient (Wildman–Crippen LogP) is 0.871. The zero-order valence-corrected chi connectivity index (χ0v) is 7.61. The van der Waals surface area contributed by atoms with Gasteiger partial charge in [0, 0.05) is 6.07 Å². The van der Waals surface area contributed by atoms with E-state index in [2.05, 4.69) is 5.16 Å². The lowest BCUT2D eigenvalue weighted by atomic mass is 10.2. The molecule has 0 saturated heterocycles. The number of nitrogens with zero attached hydrogens (tertiary/aromatic N) is 1. The van der Waals surface area contributed by atoms with Crippen LogP contribution in [0.2, 0.25) is 0 Å². The van der Waals surface area contributed by atoms with Gasteiger partial charge in [0.1, 0.15) is 0 Å². The summed E-state index contributed by atoms with van der Waals surface area (Å²) >= 11 is 0. The highest BCUT2D eigenvalue weighted by Crippen LogP contribution is 2.11. The van der Waals surface area contributed by atoms with Crippen LogP contribution in [0.25, 0.3) is 0 Å². The van der Waals surface area contributed by atoms with Crippen molar-refractivity contribution < 1.29 is 14.1 Å². The van der Waals surface area contributed by atoms with Crippen LogP contribution in [0.1, 0.15) is 36.1 Å². The Morgan fingerprint density at radius 2 is 2.54 bits per heavy atom. The van der Waals surface area contributed by atoms with Gasteiger partial charge in [-0.2, -0.15) is 0 Å². The molecule has 72 valence electrons. The van der Waals surface area contributed by atoms with Crippen molar-refractivity contribution in [3.05, 3.63) is 17.5 Å². The monoisotopic (exact) mass is 184 g/mol. The number of carbonyl (C=O) groups is 1. The van der Waals surface area contributed by atoms with Gasteiger partial charge in [0.25, 0.3) is 0 Å². The SMILES string of the molecule is CCOC(=O)c1cc(C(C)N)on1. The number of ether oxygens (including phenoxy) is 1. The fourth-order valence-corrected chi connectivity index (χ4v) is 0.805. The van der Waals surface area contributed by atoms with Crippen LogP contribution in [-0.4, -0.2) is 17.7 Å². The van der Waals surface area contributed by atoms with Gasteiger partial charge in [-0.05, 0) is 13.8 Å². The molecule has 1 heterocycles. The third kappa shape index (κ3) is 2.29. The van der Waals surface area contributed by atoms with E-state index in [1.54, 1.807) is 13.8 Å². The van der Waals surface area contributed by atoms with E-state index in [-0.39, 0.29) is 11.7 Å². The summed E-state index contributed by atoms with van der Waals surface area (Å²) in [4.78, 5) is 11.1. The maximum Gasteiger partial charge on any atom is 0.360 e. The number of carbonyl (C=O) groups excluding carboxylic acids is 1. The van der Waals surface area contributed by atoms with Crippen molar-refractivity contribution in [2.24, 2.45) is 5.73 Å². The Labute approximate surface area is 75.8 Å². The summed E-state index contributed by atoms with van der Waals surface area (Å²) in [5, 5.41) is 3.53. The molecule has 0 aliphatic rings. The average molecular weight is 184 g/mol. The van der Waals surface area contributed by atoms with Gasteiger partial charge in [0.2, 0.25) is 0 Å². The van der Waals surface area contributed by atoms with Gasteiger partial charge in [-0.15, -0.1) is 0 Å². The molecule has 1 unspecified atom stereocenters. The predicted molar refractivity (Wildman–Crippen MR) is 45.1 cm³/mol. The van der Waals surface area contributed by atoms with Crippen LogP contribution in [0.5, 0.6) is 0 Å². The maximum atomic E-state index is 11.1. The second kappa shape index (κ2) is 4.04.